The van der Waals surface area contributed by atoms with Gasteiger partial charge in [0.1, 0.15) is 5.75 Å². The molecule has 0 fully saturated rings. The number of aromatic hydroxyl groups is 1. The molecular weight excluding hydrogens is 230 g/mol. The van der Waals surface area contributed by atoms with Crippen molar-refractivity contribution in [1.82, 2.24) is 0 Å². The number of hydrogen-bond acceptors (Lipinski definition) is 2. The second kappa shape index (κ2) is 5.04. The average molecular weight is 241 g/mol. The number of fused-ring (bicyclic) bond motifs is 1. The van der Waals surface area contributed by atoms with Gasteiger partial charge in [0.15, 0.2) is 0 Å². The van der Waals surface area contributed by atoms with Gasteiger partial charge in [-0.2, -0.15) is 0 Å². The Morgan fingerprint density at radius 1 is 1.25 bits per heavy atom. The zero-order chi connectivity index (χ0) is 11.0. The minimum absolute atomic E-state index is 0. The van der Waals surface area contributed by atoms with Gasteiger partial charge in [0.2, 0.25) is 0 Å². The van der Waals surface area contributed by atoms with Crippen molar-refractivity contribution in [2.24, 2.45) is 5.73 Å². The fraction of sp³-hybridized carbons (Fsp3) is 0.0833. The van der Waals surface area contributed by atoms with Crippen LogP contribution in [0.4, 0.5) is 0 Å². The first kappa shape index (κ1) is 13.3. The number of phenols is 1. The number of hydrogen-bond donors (Lipinski definition) is 2. The standard InChI is InChI=1S/C12H11NO2.Ar/c1-7-6-10(12(13)15)11(14)9-5-3-2-4-8(7)9;/h2-6,14H,1H3,(H2,13,15);. The molecule has 3 nitrogen and oxygen atoms in total. The molecule has 2 rings (SSSR count). The quantitative estimate of drug-likeness (QED) is 0.801. The molecule has 0 aliphatic carbocycles. The monoisotopic (exact) mass is 241 g/mol. The topological polar surface area (TPSA) is 63.3 Å². The number of nitrogens with two attached hydrogens (primary N) is 1. The maximum absolute atomic E-state index is 11.1. The van der Waals surface area contributed by atoms with Gasteiger partial charge >= 0.3 is 0 Å². The minimum Gasteiger partial charge on any atom is -0.506 e. The van der Waals surface area contributed by atoms with E-state index in [1.54, 1.807) is 12.1 Å². The number of primary amides is 1. The number of rotatable bonds is 1. The third-order valence-electron chi connectivity index (χ3n) is 2.49. The summed E-state index contributed by atoms with van der Waals surface area (Å²) in [5, 5.41) is 11.4. The van der Waals surface area contributed by atoms with Crippen molar-refractivity contribution in [3.05, 3.63) is 41.5 Å². The molecule has 0 radical (unpaired) electrons. The summed E-state index contributed by atoms with van der Waals surface area (Å²) in [6.45, 7) is 1.88. The van der Waals surface area contributed by atoms with Gasteiger partial charge in [-0.1, -0.05) is 24.3 Å². The van der Waals surface area contributed by atoms with Gasteiger partial charge in [0.25, 0.3) is 5.91 Å². The molecule has 0 heterocycles. The predicted octanol–water partition coefficient (Wildman–Crippen LogP) is 1.95. The van der Waals surface area contributed by atoms with Gasteiger partial charge in [-0.05, 0) is 23.9 Å². The van der Waals surface area contributed by atoms with Crippen LogP contribution in [0.1, 0.15) is 15.9 Å². The van der Waals surface area contributed by atoms with Crippen LogP contribution in [0.3, 0.4) is 0 Å². The van der Waals surface area contributed by atoms with E-state index in [2.05, 4.69) is 0 Å². The zero-order valence-corrected chi connectivity index (χ0v) is 9.38. The largest absolute Gasteiger partial charge is 0.506 e. The molecule has 0 aliphatic rings. The smallest absolute Gasteiger partial charge is 0.252 e. The second-order valence-electron chi connectivity index (χ2n) is 3.50. The van der Waals surface area contributed by atoms with Gasteiger partial charge in [0, 0.05) is 43.1 Å². The van der Waals surface area contributed by atoms with Crippen LogP contribution in [-0.4, -0.2) is 11.0 Å². The van der Waals surface area contributed by atoms with E-state index in [1.807, 2.05) is 25.1 Å². The Bertz CT molecular complexity index is 552. The normalized spacial score (nSPS) is 9.81. The van der Waals surface area contributed by atoms with Crippen LogP contribution in [0.5, 0.6) is 5.75 Å². The molecule has 16 heavy (non-hydrogen) atoms. The van der Waals surface area contributed by atoms with Crippen molar-refractivity contribution in [3.63, 3.8) is 0 Å². The summed E-state index contributed by atoms with van der Waals surface area (Å²) in [6, 6.07) is 8.98. The minimum atomic E-state index is -0.610. The van der Waals surface area contributed by atoms with Crippen molar-refractivity contribution < 1.29 is 47.6 Å². The Morgan fingerprint density at radius 2 is 1.81 bits per heavy atom. The van der Waals surface area contributed by atoms with Crippen LogP contribution in [0.2, 0.25) is 0 Å². The summed E-state index contributed by atoms with van der Waals surface area (Å²) >= 11 is 0. The van der Waals surface area contributed by atoms with E-state index in [0.29, 0.717) is 5.39 Å². The number of carbonyl (C=O) groups excluding carboxylic acids is 1. The fourth-order valence-corrected chi connectivity index (χ4v) is 1.73. The molecule has 2 aromatic carbocycles. The van der Waals surface area contributed by atoms with E-state index in [-0.39, 0.29) is 49.1 Å². The first-order valence-corrected chi connectivity index (χ1v) is 4.62. The third-order valence-corrected chi connectivity index (χ3v) is 2.49. The molecule has 3 N–H and O–H groups in total. The zero-order valence-electron chi connectivity index (χ0n) is 8.67. The first-order chi connectivity index (χ1) is 7.11. The van der Waals surface area contributed by atoms with Crippen molar-refractivity contribution >= 4 is 16.7 Å². The average Bonchev–Trinajstić information content (AvgIpc) is 2.23. The van der Waals surface area contributed by atoms with Gasteiger partial charge in [-0.3, -0.25) is 4.79 Å². The summed E-state index contributed by atoms with van der Waals surface area (Å²) in [7, 11) is 0. The van der Waals surface area contributed by atoms with Crippen LogP contribution in [0, 0.1) is 44.7 Å². The Hall–Kier alpha value is -0.770. The van der Waals surface area contributed by atoms with Crippen LogP contribution in [0.25, 0.3) is 10.8 Å². The predicted molar refractivity (Wildman–Crippen MR) is 58.9 cm³/mol. The SMILES string of the molecule is Cc1cc(C(N)=O)c(O)c2ccccc12.[Ar]. The summed E-state index contributed by atoms with van der Waals surface area (Å²) < 4.78 is 0. The Kier molecular flexibility index (Phi) is 4.19. The molecule has 2 aromatic rings. The summed E-state index contributed by atoms with van der Waals surface area (Å²) in [4.78, 5) is 11.1. The van der Waals surface area contributed by atoms with Gasteiger partial charge in [-0.25, -0.2) is 0 Å². The summed E-state index contributed by atoms with van der Waals surface area (Å²) in [5.41, 5.74) is 6.28. The summed E-state index contributed by atoms with van der Waals surface area (Å²) in [6.07, 6.45) is 0. The molecule has 1 amide bonds. The van der Waals surface area contributed by atoms with Crippen LogP contribution < -0.4 is 5.73 Å². The van der Waals surface area contributed by atoms with Crippen molar-refractivity contribution in [2.45, 2.75) is 6.92 Å². The molecule has 0 unspecified atom stereocenters. The van der Waals surface area contributed by atoms with E-state index in [4.69, 9.17) is 5.73 Å². The van der Waals surface area contributed by atoms with Gasteiger partial charge in [-0.15, -0.1) is 0 Å². The molecule has 0 spiro atoms. The molecule has 0 bridgehead atoms. The van der Waals surface area contributed by atoms with Crippen LogP contribution in [-0.2, 0) is 0 Å². The van der Waals surface area contributed by atoms with Crippen molar-refractivity contribution in [1.29, 1.82) is 0 Å². The number of carbonyl (C=O) groups is 1. The van der Waals surface area contributed by atoms with E-state index < -0.39 is 5.91 Å². The summed E-state index contributed by atoms with van der Waals surface area (Å²) in [5.74, 6) is -0.648. The number of benzene rings is 2. The second-order valence-corrected chi connectivity index (χ2v) is 3.50. The number of aryl methyl sites for hydroxylation is 1. The van der Waals surface area contributed by atoms with Gasteiger partial charge in [0.05, 0.1) is 5.56 Å². The Morgan fingerprint density at radius 3 is 2.38 bits per heavy atom. The Balaban J connectivity index is 0.00000128. The fourth-order valence-electron chi connectivity index (χ4n) is 1.73. The van der Waals surface area contributed by atoms with E-state index in [9.17, 15) is 9.90 Å². The van der Waals surface area contributed by atoms with Crippen molar-refractivity contribution in [3.8, 4) is 5.75 Å². The van der Waals surface area contributed by atoms with Crippen LogP contribution in [0.15, 0.2) is 30.3 Å². The molecule has 0 aliphatic heterocycles. The van der Waals surface area contributed by atoms with Crippen molar-refractivity contribution in [2.75, 3.05) is 0 Å². The first-order valence-electron chi connectivity index (χ1n) is 4.62. The maximum atomic E-state index is 11.1. The Labute approximate surface area is 123 Å². The molecule has 0 aromatic heterocycles. The van der Waals surface area contributed by atoms with Gasteiger partial charge < -0.3 is 10.8 Å². The van der Waals surface area contributed by atoms with E-state index >= 15 is 0 Å². The van der Waals surface area contributed by atoms with E-state index in [1.165, 1.54) is 0 Å². The van der Waals surface area contributed by atoms with E-state index in [0.717, 1.165) is 10.9 Å². The molecule has 4 heteroatoms. The maximum Gasteiger partial charge on any atom is 0.252 e. The molecular formula is C12H11ArNO2. The molecule has 84 valence electrons. The number of amides is 1. The third kappa shape index (κ3) is 2.17. The van der Waals surface area contributed by atoms with Crippen LogP contribution >= 0.6 is 0 Å². The molecule has 0 atom stereocenters. The molecule has 0 saturated carbocycles. The molecule has 0 saturated heterocycles.